The van der Waals surface area contributed by atoms with E-state index in [2.05, 4.69) is 5.32 Å². The topological polar surface area (TPSA) is 84.2 Å². The second-order valence-corrected chi connectivity index (χ2v) is 3.63. The zero-order valence-electron chi connectivity index (χ0n) is 7.45. The molecule has 0 aliphatic rings. The van der Waals surface area contributed by atoms with Crippen molar-refractivity contribution in [2.45, 2.75) is 6.54 Å². The van der Waals surface area contributed by atoms with E-state index >= 15 is 0 Å². The summed E-state index contributed by atoms with van der Waals surface area (Å²) in [7, 11) is 0. The molecule has 1 aromatic heterocycles. The number of amides is 3. The molecule has 0 aromatic carbocycles. The molecule has 1 heterocycles. The van der Waals surface area contributed by atoms with Crippen LogP contribution >= 0.6 is 11.3 Å². The van der Waals surface area contributed by atoms with E-state index in [0.717, 1.165) is 4.88 Å². The fourth-order valence-electron chi connectivity index (χ4n) is 0.894. The molecule has 0 aliphatic carbocycles. The van der Waals surface area contributed by atoms with Gasteiger partial charge in [-0.2, -0.15) is 0 Å². The standard InChI is InChI=1S/C8H11N3O2S/c9-8(13)11-7(12)5-10-4-6-2-1-3-14-6/h1-3,10H,4-5H2,(H3,9,11,12,13). The van der Waals surface area contributed by atoms with Crippen molar-refractivity contribution in [2.24, 2.45) is 5.73 Å². The number of nitrogens with one attached hydrogen (secondary N) is 2. The molecule has 5 nitrogen and oxygen atoms in total. The van der Waals surface area contributed by atoms with Crippen LogP contribution in [-0.2, 0) is 11.3 Å². The molecule has 14 heavy (non-hydrogen) atoms. The number of thiophene rings is 1. The first kappa shape index (κ1) is 10.7. The average Bonchev–Trinajstić information content (AvgIpc) is 2.55. The molecule has 0 unspecified atom stereocenters. The predicted octanol–water partition coefficient (Wildman–Crippen LogP) is 0.0326. The third-order valence-electron chi connectivity index (χ3n) is 1.43. The van der Waals surface area contributed by atoms with Gasteiger partial charge < -0.3 is 11.1 Å². The molecule has 6 heteroatoms. The van der Waals surface area contributed by atoms with E-state index in [1.54, 1.807) is 11.3 Å². The summed E-state index contributed by atoms with van der Waals surface area (Å²) in [6, 6.07) is 3.07. The Labute approximate surface area is 85.3 Å². The van der Waals surface area contributed by atoms with Gasteiger partial charge >= 0.3 is 6.03 Å². The minimum atomic E-state index is -0.826. The molecule has 0 radical (unpaired) electrons. The minimum absolute atomic E-state index is 0.0842. The normalized spacial score (nSPS) is 9.71. The van der Waals surface area contributed by atoms with Crippen LogP contribution in [0.5, 0.6) is 0 Å². The number of nitrogens with two attached hydrogens (primary N) is 1. The fraction of sp³-hybridized carbons (Fsp3) is 0.250. The zero-order valence-corrected chi connectivity index (χ0v) is 8.26. The van der Waals surface area contributed by atoms with Crippen molar-refractivity contribution in [1.29, 1.82) is 0 Å². The molecule has 3 amide bonds. The Bertz CT molecular complexity index is 310. The molecule has 0 saturated heterocycles. The molecule has 0 bridgehead atoms. The summed E-state index contributed by atoms with van der Waals surface area (Å²) in [6.07, 6.45) is 0. The number of hydrogen-bond acceptors (Lipinski definition) is 4. The number of urea groups is 1. The van der Waals surface area contributed by atoms with Gasteiger partial charge in [0.15, 0.2) is 0 Å². The van der Waals surface area contributed by atoms with E-state index in [9.17, 15) is 9.59 Å². The first-order chi connectivity index (χ1) is 6.68. The fourth-order valence-corrected chi connectivity index (χ4v) is 1.57. The van der Waals surface area contributed by atoms with Crippen molar-refractivity contribution in [3.63, 3.8) is 0 Å². The minimum Gasteiger partial charge on any atom is -0.351 e. The van der Waals surface area contributed by atoms with E-state index in [1.165, 1.54) is 0 Å². The lowest BCUT2D eigenvalue weighted by atomic mass is 10.4. The van der Waals surface area contributed by atoms with Gasteiger partial charge in [0, 0.05) is 11.4 Å². The van der Waals surface area contributed by atoms with Crippen LogP contribution in [0.3, 0.4) is 0 Å². The molecule has 76 valence electrons. The Morgan fingerprint density at radius 3 is 2.86 bits per heavy atom. The van der Waals surface area contributed by atoms with Gasteiger partial charge in [0.05, 0.1) is 6.54 Å². The molecule has 4 N–H and O–H groups in total. The molecule has 1 rings (SSSR count). The van der Waals surface area contributed by atoms with Gasteiger partial charge in [-0.3, -0.25) is 10.1 Å². The van der Waals surface area contributed by atoms with Gasteiger partial charge in [0.25, 0.3) is 0 Å². The molecule has 0 saturated carbocycles. The smallest absolute Gasteiger partial charge is 0.318 e. The summed E-state index contributed by atoms with van der Waals surface area (Å²) in [5.41, 5.74) is 4.76. The Morgan fingerprint density at radius 1 is 1.50 bits per heavy atom. The summed E-state index contributed by atoms with van der Waals surface area (Å²) in [4.78, 5) is 22.3. The number of imide groups is 1. The maximum Gasteiger partial charge on any atom is 0.318 e. The van der Waals surface area contributed by atoms with E-state index < -0.39 is 11.9 Å². The Morgan fingerprint density at radius 2 is 2.29 bits per heavy atom. The van der Waals surface area contributed by atoms with Gasteiger partial charge in [-0.25, -0.2) is 4.79 Å². The molecular formula is C8H11N3O2S. The highest BCUT2D eigenvalue weighted by Crippen LogP contribution is 2.06. The van der Waals surface area contributed by atoms with Crippen LogP contribution in [0, 0.1) is 0 Å². The van der Waals surface area contributed by atoms with Crippen molar-refractivity contribution in [3.8, 4) is 0 Å². The maximum absolute atomic E-state index is 10.9. The van der Waals surface area contributed by atoms with Crippen LogP contribution < -0.4 is 16.4 Å². The number of rotatable bonds is 4. The third kappa shape index (κ3) is 4.01. The SMILES string of the molecule is NC(=O)NC(=O)CNCc1cccs1. The van der Waals surface area contributed by atoms with Gasteiger partial charge in [-0.05, 0) is 11.4 Å². The first-order valence-electron chi connectivity index (χ1n) is 4.01. The molecule has 1 aromatic rings. The lowest BCUT2D eigenvalue weighted by molar-refractivity contribution is -0.119. The summed E-state index contributed by atoms with van der Waals surface area (Å²) < 4.78 is 0. The zero-order chi connectivity index (χ0) is 10.4. The van der Waals surface area contributed by atoms with E-state index in [0.29, 0.717) is 6.54 Å². The van der Waals surface area contributed by atoms with Crippen molar-refractivity contribution in [2.75, 3.05) is 6.54 Å². The van der Waals surface area contributed by atoms with E-state index in [1.807, 2.05) is 22.8 Å². The van der Waals surface area contributed by atoms with Crippen LogP contribution in [0.25, 0.3) is 0 Å². The third-order valence-corrected chi connectivity index (χ3v) is 2.30. The van der Waals surface area contributed by atoms with Crippen LogP contribution in [0.2, 0.25) is 0 Å². The largest absolute Gasteiger partial charge is 0.351 e. The van der Waals surface area contributed by atoms with E-state index in [4.69, 9.17) is 5.73 Å². The quantitative estimate of drug-likeness (QED) is 0.660. The van der Waals surface area contributed by atoms with Crippen molar-refractivity contribution in [1.82, 2.24) is 10.6 Å². The van der Waals surface area contributed by atoms with E-state index in [-0.39, 0.29) is 6.54 Å². The highest BCUT2D eigenvalue weighted by atomic mass is 32.1. The second kappa shape index (κ2) is 5.36. The lowest BCUT2D eigenvalue weighted by Crippen LogP contribution is -2.40. The Hall–Kier alpha value is -1.40. The summed E-state index contributed by atoms with van der Waals surface area (Å²) in [5.74, 6) is -0.422. The number of primary amides is 1. The van der Waals surface area contributed by atoms with Crippen LogP contribution in [-0.4, -0.2) is 18.5 Å². The predicted molar refractivity (Wildman–Crippen MR) is 53.8 cm³/mol. The summed E-state index contributed by atoms with van der Waals surface area (Å²) in [5, 5.41) is 6.81. The van der Waals surface area contributed by atoms with Gasteiger partial charge in [-0.1, -0.05) is 6.07 Å². The highest BCUT2D eigenvalue weighted by Gasteiger charge is 2.02. The van der Waals surface area contributed by atoms with Crippen LogP contribution in [0.1, 0.15) is 4.88 Å². The molecule has 0 fully saturated rings. The van der Waals surface area contributed by atoms with Gasteiger partial charge in [-0.15, -0.1) is 11.3 Å². The first-order valence-corrected chi connectivity index (χ1v) is 4.89. The second-order valence-electron chi connectivity index (χ2n) is 2.60. The van der Waals surface area contributed by atoms with Crippen molar-refractivity contribution < 1.29 is 9.59 Å². The number of carbonyl (C=O) groups is 2. The lowest BCUT2D eigenvalue weighted by Gasteiger charge is -2.01. The van der Waals surface area contributed by atoms with Crippen molar-refractivity contribution in [3.05, 3.63) is 22.4 Å². The van der Waals surface area contributed by atoms with Crippen LogP contribution in [0.4, 0.5) is 4.79 Å². The van der Waals surface area contributed by atoms with Crippen molar-refractivity contribution >= 4 is 23.3 Å². The van der Waals surface area contributed by atoms with Gasteiger partial charge in [0.2, 0.25) is 5.91 Å². The number of carbonyl (C=O) groups excluding carboxylic acids is 2. The number of hydrogen-bond donors (Lipinski definition) is 3. The molecule has 0 atom stereocenters. The highest BCUT2D eigenvalue weighted by molar-refractivity contribution is 7.09. The maximum atomic E-state index is 10.9. The molecule has 0 aliphatic heterocycles. The monoisotopic (exact) mass is 213 g/mol. The Balaban J connectivity index is 2.15. The average molecular weight is 213 g/mol. The van der Waals surface area contributed by atoms with Crippen LogP contribution in [0.15, 0.2) is 17.5 Å². The van der Waals surface area contributed by atoms with Gasteiger partial charge in [0.1, 0.15) is 0 Å². The summed E-state index contributed by atoms with van der Waals surface area (Å²) in [6.45, 7) is 0.699. The molecular weight excluding hydrogens is 202 g/mol. The summed E-state index contributed by atoms with van der Waals surface area (Å²) >= 11 is 1.60. The Kier molecular flexibility index (Phi) is 4.09. The molecule has 0 spiro atoms.